The van der Waals surface area contributed by atoms with Crippen LogP contribution in [0, 0.1) is 5.92 Å². The number of hydrogen-bond acceptors (Lipinski definition) is 5. The minimum atomic E-state index is -0.629. The third kappa shape index (κ3) is 2.55. The van der Waals surface area contributed by atoms with E-state index < -0.39 is 11.9 Å². The molecular weight excluding hydrogens is 348 g/mol. The highest BCUT2D eigenvalue weighted by Crippen LogP contribution is 2.33. The molecule has 4 aliphatic rings. The zero-order chi connectivity index (χ0) is 18.7. The average Bonchev–Trinajstić information content (AvgIpc) is 3.07. The van der Waals surface area contributed by atoms with Gasteiger partial charge in [0, 0.05) is 56.2 Å². The summed E-state index contributed by atoms with van der Waals surface area (Å²) in [5, 5.41) is 5.52. The number of carbonyl (C=O) groups is 4. The molecule has 4 aliphatic heterocycles. The van der Waals surface area contributed by atoms with Crippen molar-refractivity contribution in [3.05, 3.63) is 34.4 Å². The van der Waals surface area contributed by atoms with Crippen molar-refractivity contribution in [3.63, 3.8) is 0 Å². The predicted octanol–water partition coefficient (Wildman–Crippen LogP) is -0.377. The lowest BCUT2D eigenvalue weighted by molar-refractivity contribution is -0.136. The van der Waals surface area contributed by atoms with Crippen LogP contribution in [0.3, 0.4) is 0 Å². The third-order valence-corrected chi connectivity index (χ3v) is 5.97. The van der Waals surface area contributed by atoms with Crippen molar-refractivity contribution in [2.45, 2.75) is 32.0 Å². The van der Waals surface area contributed by atoms with Gasteiger partial charge in [-0.15, -0.1) is 0 Å². The number of imide groups is 1. The Morgan fingerprint density at radius 1 is 0.963 bits per heavy atom. The fraction of sp³-hybridized carbons (Fsp3) is 0.474. The van der Waals surface area contributed by atoms with E-state index in [9.17, 15) is 19.2 Å². The topological polar surface area (TPSA) is 98.8 Å². The molecule has 0 saturated carbocycles. The summed E-state index contributed by atoms with van der Waals surface area (Å²) >= 11 is 0. The molecule has 4 heterocycles. The summed E-state index contributed by atoms with van der Waals surface area (Å²) in [4.78, 5) is 52.5. The van der Waals surface area contributed by atoms with Gasteiger partial charge in [-0.3, -0.25) is 24.5 Å². The summed E-state index contributed by atoms with van der Waals surface area (Å²) in [6.07, 6.45) is 0.572. The Kier molecular flexibility index (Phi) is 3.58. The molecule has 2 N–H and O–H groups in total. The number of hydrogen-bond donors (Lipinski definition) is 2. The van der Waals surface area contributed by atoms with Crippen molar-refractivity contribution in [2.75, 3.05) is 19.6 Å². The van der Waals surface area contributed by atoms with Crippen LogP contribution < -0.4 is 10.6 Å². The average molecular weight is 368 g/mol. The van der Waals surface area contributed by atoms with Gasteiger partial charge in [-0.1, -0.05) is 0 Å². The van der Waals surface area contributed by atoms with E-state index in [1.54, 1.807) is 0 Å². The van der Waals surface area contributed by atoms with E-state index in [-0.39, 0.29) is 24.1 Å². The van der Waals surface area contributed by atoms with Gasteiger partial charge >= 0.3 is 0 Å². The first-order valence-electron chi connectivity index (χ1n) is 9.31. The largest absolute Gasteiger partial charge is 0.334 e. The normalized spacial score (nSPS) is 24.8. The SMILES string of the molecule is O=C1CCC(N2Cc3cc4c(cc3C2=O)CN(CC2CNC2)C4=O)C(=O)N1. The molecule has 2 fully saturated rings. The molecule has 4 amide bonds. The Morgan fingerprint density at radius 2 is 1.67 bits per heavy atom. The van der Waals surface area contributed by atoms with E-state index >= 15 is 0 Å². The molecule has 2 saturated heterocycles. The molecular formula is C19H20N4O4. The first-order chi connectivity index (χ1) is 13.0. The van der Waals surface area contributed by atoms with Crippen LogP contribution in [0.4, 0.5) is 0 Å². The first-order valence-corrected chi connectivity index (χ1v) is 9.31. The molecule has 0 radical (unpaired) electrons. The lowest BCUT2D eigenvalue weighted by atomic mass is 10.0. The zero-order valence-electron chi connectivity index (χ0n) is 14.8. The van der Waals surface area contributed by atoms with Crippen LogP contribution in [0.2, 0.25) is 0 Å². The summed E-state index contributed by atoms with van der Waals surface area (Å²) in [7, 11) is 0. The number of fused-ring (bicyclic) bond motifs is 2. The molecule has 1 atom stereocenters. The van der Waals surface area contributed by atoms with Gasteiger partial charge in [0.05, 0.1) is 0 Å². The van der Waals surface area contributed by atoms with Crippen molar-refractivity contribution in [2.24, 2.45) is 5.92 Å². The molecule has 0 aliphatic carbocycles. The number of carbonyl (C=O) groups excluding carboxylic acids is 4. The van der Waals surface area contributed by atoms with Crippen LogP contribution in [0.15, 0.2) is 12.1 Å². The fourth-order valence-electron chi connectivity index (χ4n) is 4.37. The Bertz CT molecular complexity index is 892. The first kappa shape index (κ1) is 16.4. The smallest absolute Gasteiger partial charge is 0.255 e. The van der Waals surface area contributed by atoms with Crippen molar-refractivity contribution in [3.8, 4) is 0 Å². The van der Waals surface area contributed by atoms with Crippen molar-refractivity contribution in [1.82, 2.24) is 20.4 Å². The Morgan fingerprint density at radius 3 is 2.33 bits per heavy atom. The molecule has 0 spiro atoms. The highest BCUT2D eigenvalue weighted by molar-refractivity contribution is 6.07. The molecule has 1 aromatic rings. The molecule has 0 bridgehead atoms. The van der Waals surface area contributed by atoms with Gasteiger partial charge in [-0.25, -0.2) is 0 Å². The van der Waals surface area contributed by atoms with Gasteiger partial charge in [0.1, 0.15) is 6.04 Å². The minimum absolute atomic E-state index is 0.0200. The number of nitrogens with zero attached hydrogens (tertiary/aromatic N) is 2. The van der Waals surface area contributed by atoms with E-state index in [1.807, 2.05) is 17.0 Å². The van der Waals surface area contributed by atoms with Crippen LogP contribution in [0.1, 0.15) is 44.7 Å². The Labute approximate surface area is 155 Å². The van der Waals surface area contributed by atoms with Crippen molar-refractivity contribution in [1.29, 1.82) is 0 Å². The molecule has 1 unspecified atom stereocenters. The molecule has 5 rings (SSSR count). The minimum Gasteiger partial charge on any atom is -0.334 e. The van der Waals surface area contributed by atoms with E-state index in [0.29, 0.717) is 36.6 Å². The number of piperidine rings is 1. The fourth-order valence-corrected chi connectivity index (χ4v) is 4.37. The summed E-state index contributed by atoms with van der Waals surface area (Å²) in [5.41, 5.74) is 2.89. The summed E-state index contributed by atoms with van der Waals surface area (Å²) in [6.45, 7) is 3.45. The maximum absolute atomic E-state index is 12.9. The van der Waals surface area contributed by atoms with Crippen LogP contribution in [-0.4, -0.2) is 59.1 Å². The highest BCUT2D eigenvalue weighted by atomic mass is 16.2. The lowest BCUT2D eigenvalue weighted by Gasteiger charge is -2.31. The van der Waals surface area contributed by atoms with Gasteiger partial charge in [0.15, 0.2) is 0 Å². The number of benzene rings is 1. The Hall–Kier alpha value is -2.74. The van der Waals surface area contributed by atoms with Gasteiger partial charge in [0.2, 0.25) is 11.8 Å². The summed E-state index contributed by atoms with van der Waals surface area (Å²) < 4.78 is 0. The predicted molar refractivity (Wildman–Crippen MR) is 93.6 cm³/mol. The van der Waals surface area contributed by atoms with Gasteiger partial charge in [-0.05, 0) is 29.7 Å². The van der Waals surface area contributed by atoms with Crippen LogP contribution >= 0.6 is 0 Å². The zero-order valence-corrected chi connectivity index (χ0v) is 14.8. The van der Waals surface area contributed by atoms with Gasteiger partial charge < -0.3 is 15.1 Å². The van der Waals surface area contributed by atoms with Gasteiger partial charge in [-0.2, -0.15) is 0 Å². The van der Waals surface area contributed by atoms with E-state index in [0.717, 1.165) is 30.8 Å². The molecule has 140 valence electrons. The maximum Gasteiger partial charge on any atom is 0.255 e. The molecule has 1 aromatic carbocycles. The van der Waals surface area contributed by atoms with Crippen LogP contribution in [0.25, 0.3) is 0 Å². The number of rotatable bonds is 3. The van der Waals surface area contributed by atoms with E-state index in [1.165, 1.54) is 4.90 Å². The molecule has 27 heavy (non-hydrogen) atoms. The van der Waals surface area contributed by atoms with Crippen LogP contribution in [-0.2, 0) is 22.7 Å². The second-order valence-electron chi connectivity index (χ2n) is 7.78. The number of amides is 4. The third-order valence-electron chi connectivity index (χ3n) is 5.97. The standard InChI is InChI=1S/C19H20N4O4/c24-16-2-1-15(17(25)21-16)23-9-12-4-13-11(3-14(12)19(23)27)8-22(18(13)26)7-10-5-20-6-10/h3-4,10,15,20H,1-2,5-9H2,(H,21,24,25). The molecule has 8 heteroatoms. The molecule has 8 nitrogen and oxygen atoms in total. The van der Waals surface area contributed by atoms with Crippen LogP contribution in [0.5, 0.6) is 0 Å². The monoisotopic (exact) mass is 368 g/mol. The second kappa shape index (κ2) is 5.88. The van der Waals surface area contributed by atoms with E-state index in [2.05, 4.69) is 10.6 Å². The summed E-state index contributed by atoms with van der Waals surface area (Å²) in [5.74, 6) is -0.397. The van der Waals surface area contributed by atoms with Gasteiger partial charge in [0.25, 0.3) is 11.8 Å². The Balaban J connectivity index is 1.38. The van der Waals surface area contributed by atoms with Crippen molar-refractivity contribution >= 4 is 23.6 Å². The quantitative estimate of drug-likeness (QED) is 0.709. The molecule has 0 aromatic heterocycles. The van der Waals surface area contributed by atoms with Crippen molar-refractivity contribution < 1.29 is 19.2 Å². The highest BCUT2D eigenvalue weighted by Gasteiger charge is 2.41. The number of nitrogens with one attached hydrogen (secondary N) is 2. The maximum atomic E-state index is 12.9. The summed E-state index contributed by atoms with van der Waals surface area (Å²) in [6, 6.07) is 3.00. The van der Waals surface area contributed by atoms with E-state index in [4.69, 9.17) is 0 Å². The second-order valence-corrected chi connectivity index (χ2v) is 7.78. The lowest BCUT2D eigenvalue weighted by Crippen LogP contribution is -2.52.